The Morgan fingerprint density at radius 2 is 0.312 bits per heavy atom. The van der Waals surface area contributed by atoms with Crippen LogP contribution in [-0.2, 0) is 0 Å². The van der Waals surface area contributed by atoms with E-state index >= 15 is 0 Å². The molecule has 0 atom stereocenters. The molecule has 0 heterocycles. The predicted molar refractivity (Wildman–Crippen MR) is 77.8 cm³/mol. The molecule has 0 N–H and O–H groups in total. The van der Waals surface area contributed by atoms with Gasteiger partial charge in [-0.25, -0.2) is 0 Å². The molecule has 6 aliphatic rings. The molecule has 6 aliphatic carbocycles. The van der Waals surface area contributed by atoms with Crippen molar-refractivity contribution in [3.63, 3.8) is 0 Å². The minimum absolute atomic E-state index is 2.13. The standard InChI is InChI=1S/C8N8O16/c17-9(18)1-2(10(19)20)5(13(25)26)3(1,11(21)22)7(15(29)30)4(1,12(23)24)6(2,14(27)28)8(5,7)16(31)32. The third-order valence-electron chi connectivity index (χ3n) is 8.47. The number of nitro groups is 8. The molecule has 24 heteroatoms. The zero-order valence-electron chi connectivity index (χ0n) is 14.1. The van der Waals surface area contributed by atoms with Gasteiger partial charge in [0.15, 0.2) is 0 Å². The van der Waals surface area contributed by atoms with Gasteiger partial charge in [-0.1, -0.05) is 0 Å². The van der Waals surface area contributed by atoms with E-state index in [1.807, 2.05) is 0 Å². The Labute approximate surface area is 165 Å². The van der Waals surface area contributed by atoms with Gasteiger partial charge >= 0.3 is 44.3 Å². The van der Waals surface area contributed by atoms with Gasteiger partial charge in [0, 0.05) is 0 Å². The van der Waals surface area contributed by atoms with Crippen molar-refractivity contribution in [3.8, 4) is 0 Å². The number of nitrogens with zero attached hydrogens (tertiary/aromatic N) is 8. The third kappa shape index (κ3) is 0.646. The van der Waals surface area contributed by atoms with Crippen molar-refractivity contribution in [2.75, 3.05) is 0 Å². The first-order valence-electron chi connectivity index (χ1n) is 7.71. The van der Waals surface area contributed by atoms with Gasteiger partial charge in [-0.3, -0.25) is 80.9 Å². The van der Waals surface area contributed by atoms with E-state index in [0.29, 0.717) is 0 Å². The molecule has 6 rings (SSSR count). The Kier molecular flexibility index (Phi) is 2.21. The molecule has 168 valence electrons. The molecule has 0 aromatic heterocycles. The van der Waals surface area contributed by atoms with Crippen molar-refractivity contribution in [2.45, 2.75) is 44.3 Å². The van der Waals surface area contributed by atoms with Crippen LogP contribution in [0.2, 0.25) is 0 Å². The maximum absolute atomic E-state index is 11.9. The smallest absolute Gasteiger partial charge is 0.263 e. The summed E-state index contributed by atoms with van der Waals surface area (Å²) >= 11 is 0. The van der Waals surface area contributed by atoms with Gasteiger partial charge in [0.1, 0.15) is 0 Å². The van der Waals surface area contributed by atoms with Gasteiger partial charge in [0.25, 0.3) is 0 Å². The van der Waals surface area contributed by atoms with Crippen LogP contribution in [0.15, 0.2) is 0 Å². The molecule has 0 bridgehead atoms. The van der Waals surface area contributed by atoms with Crippen LogP contribution < -0.4 is 0 Å². The molecule has 0 aromatic rings. The van der Waals surface area contributed by atoms with Crippen molar-refractivity contribution in [2.24, 2.45) is 0 Å². The largest absolute Gasteiger partial charge is 0.474 e. The Bertz CT molecular complexity index is 916. The lowest BCUT2D eigenvalue weighted by atomic mass is 8.81. The average molecular weight is 464 g/mol. The van der Waals surface area contributed by atoms with Crippen LogP contribution in [0.4, 0.5) is 0 Å². The maximum atomic E-state index is 11.9. The van der Waals surface area contributed by atoms with Crippen LogP contribution in [0, 0.1) is 80.9 Å². The minimum atomic E-state index is -4.49. The van der Waals surface area contributed by atoms with Crippen LogP contribution in [-0.4, -0.2) is 83.7 Å². The Morgan fingerprint density at radius 1 is 0.250 bits per heavy atom. The molecule has 32 heavy (non-hydrogen) atoms. The van der Waals surface area contributed by atoms with Crippen LogP contribution in [0.3, 0.4) is 0 Å². The molecule has 0 aliphatic heterocycles. The Balaban J connectivity index is 2.15. The molecular formula is C8N8O16. The minimum Gasteiger partial charge on any atom is -0.263 e. The molecule has 6 saturated carbocycles. The lowest BCUT2D eigenvalue weighted by molar-refractivity contribution is -1.17. The summed E-state index contributed by atoms with van der Waals surface area (Å²) in [6.45, 7) is 0. The molecule has 0 amide bonds. The first-order chi connectivity index (χ1) is 14.5. The van der Waals surface area contributed by atoms with Crippen molar-refractivity contribution in [1.82, 2.24) is 0 Å². The molecule has 0 aromatic carbocycles. The second-order valence-corrected chi connectivity index (χ2v) is 7.74. The van der Waals surface area contributed by atoms with Gasteiger partial charge in [0.05, 0.1) is 39.4 Å². The quantitative estimate of drug-likeness (QED) is 0.245. The fourth-order valence-corrected chi connectivity index (χ4v) is 9.08. The topological polar surface area (TPSA) is 345 Å². The average Bonchev–Trinajstić information content (AvgIpc) is 2.62. The maximum Gasteiger partial charge on any atom is 0.474 e. The van der Waals surface area contributed by atoms with E-state index in [1.54, 1.807) is 0 Å². The van der Waals surface area contributed by atoms with Crippen LogP contribution in [0.25, 0.3) is 0 Å². The molecule has 0 saturated heterocycles. The van der Waals surface area contributed by atoms with E-state index in [9.17, 15) is 80.9 Å². The molecule has 0 radical (unpaired) electrons. The Morgan fingerprint density at radius 3 is 0.344 bits per heavy atom. The van der Waals surface area contributed by atoms with E-state index < -0.39 is 83.7 Å². The summed E-state index contributed by atoms with van der Waals surface area (Å²) in [5.74, 6) is 0. The van der Waals surface area contributed by atoms with E-state index in [1.165, 1.54) is 0 Å². The fraction of sp³-hybridized carbons (Fsp3) is 1.00. The second-order valence-electron chi connectivity index (χ2n) is 7.74. The second kappa shape index (κ2) is 3.68. The lowest BCUT2D eigenvalue weighted by Gasteiger charge is -2.94. The monoisotopic (exact) mass is 464 g/mol. The van der Waals surface area contributed by atoms with Crippen LogP contribution in [0.1, 0.15) is 0 Å². The van der Waals surface area contributed by atoms with Crippen molar-refractivity contribution in [1.29, 1.82) is 0 Å². The van der Waals surface area contributed by atoms with E-state index in [2.05, 4.69) is 0 Å². The summed E-state index contributed by atoms with van der Waals surface area (Å²) in [4.78, 5) is 78.4. The van der Waals surface area contributed by atoms with Crippen molar-refractivity contribution in [3.05, 3.63) is 80.9 Å². The van der Waals surface area contributed by atoms with E-state index in [-0.39, 0.29) is 0 Å². The highest BCUT2D eigenvalue weighted by Gasteiger charge is 3.78. The highest BCUT2D eigenvalue weighted by atomic mass is 16.7. The van der Waals surface area contributed by atoms with Gasteiger partial charge in [-0.15, -0.1) is 0 Å². The summed E-state index contributed by atoms with van der Waals surface area (Å²) in [5.41, 5.74) is -35.9. The summed E-state index contributed by atoms with van der Waals surface area (Å²) in [6.07, 6.45) is 0. The molecule has 24 nitrogen and oxygen atoms in total. The van der Waals surface area contributed by atoms with Crippen LogP contribution >= 0.6 is 0 Å². The summed E-state index contributed by atoms with van der Waals surface area (Å²) in [6, 6.07) is 0. The number of hydrogen-bond acceptors (Lipinski definition) is 16. The first kappa shape index (κ1) is 19.2. The fourth-order valence-electron chi connectivity index (χ4n) is 9.08. The zero-order chi connectivity index (χ0) is 24.6. The van der Waals surface area contributed by atoms with E-state index in [0.717, 1.165) is 0 Å². The highest BCUT2D eigenvalue weighted by Crippen LogP contribution is 3.14. The molecular weight excluding hydrogens is 464 g/mol. The third-order valence-corrected chi connectivity index (χ3v) is 8.47. The highest BCUT2D eigenvalue weighted by molar-refractivity contribution is 5.94. The molecule has 0 unspecified atom stereocenters. The number of hydrogen-bond donors (Lipinski definition) is 0. The van der Waals surface area contributed by atoms with Gasteiger partial charge in [0.2, 0.25) is 0 Å². The summed E-state index contributed by atoms with van der Waals surface area (Å²) in [7, 11) is 0. The van der Waals surface area contributed by atoms with Gasteiger partial charge in [-0.2, -0.15) is 0 Å². The van der Waals surface area contributed by atoms with E-state index in [4.69, 9.17) is 0 Å². The zero-order valence-corrected chi connectivity index (χ0v) is 14.1. The van der Waals surface area contributed by atoms with Crippen molar-refractivity contribution >= 4 is 0 Å². The van der Waals surface area contributed by atoms with Crippen LogP contribution in [0.5, 0.6) is 0 Å². The summed E-state index contributed by atoms with van der Waals surface area (Å²) in [5, 5.41) is 95.5. The molecule has 0 spiro atoms. The normalized spacial score (nSPS) is 53.5. The predicted octanol–water partition coefficient (Wildman–Crippen LogP) is -3.82. The Hall–Kier alpha value is -4.80. The number of rotatable bonds is 8. The molecule has 6 fully saturated rings. The SMILES string of the molecule is O=[N+]([O-])C12C3([N+](=O)[O-])C4([N+](=O)[O-])C1([N+](=O)[O-])C1([N+](=O)[O-])C2([N+](=O)[O-])C3([N+](=O)[O-])C41[N+](=O)[O-]. The first-order valence-corrected chi connectivity index (χ1v) is 7.71. The van der Waals surface area contributed by atoms with Crippen molar-refractivity contribution < 1.29 is 39.4 Å². The lowest BCUT2D eigenvalue weighted by Crippen LogP contribution is -3.56. The van der Waals surface area contributed by atoms with Gasteiger partial charge < -0.3 is 0 Å². The summed E-state index contributed by atoms with van der Waals surface area (Å²) < 4.78 is 0. The van der Waals surface area contributed by atoms with Gasteiger partial charge in [-0.05, 0) is 0 Å².